The summed E-state index contributed by atoms with van der Waals surface area (Å²) < 4.78 is 0. The van der Waals surface area contributed by atoms with Gasteiger partial charge in [-0.15, -0.1) is 0 Å². The summed E-state index contributed by atoms with van der Waals surface area (Å²) in [5, 5.41) is 6.04. The van der Waals surface area contributed by atoms with Crippen molar-refractivity contribution < 1.29 is 9.59 Å². The molecule has 0 saturated carbocycles. The second kappa shape index (κ2) is 11.8. The van der Waals surface area contributed by atoms with Crippen LogP contribution < -0.4 is 10.6 Å². The fourth-order valence-electron chi connectivity index (χ4n) is 7.22. The van der Waals surface area contributed by atoms with Crippen LogP contribution in [0.2, 0.25) is 0 Å². The van der Waals surface area contributed by atoms with Gasteiger partial charge in [-0.25, -0.2) is 0 Å². The summed E-state index contributed by atoms with van der Waals surface area (Å²) in [5.41, 5.74) is 8.17. The number of carbonyl (C=O) groups is 2. The molecular weight excluding hydrogens is 456 g/mol. The number of hydrogen-bond acceptors (Lipinski definition) is 2. The van der Waals surface area contributed by atoms with Gasteiger partial charge in [0.2, 0.25) is 11.8 Å². The Morgan fingerprint density at radius 3 is 1.86 bits per heavy atom. The van der Waals surface area contributed by atoms with Gasteiger partial charge in [-0.1, -0.05) is 85.6 Å². The van der Waals surface area contributed by atoms with Crippen molar-refractivity contribution in [2.45, 2.75) is 123 Å². The SMILES string of the molecule is CCC(=O)Nc1cccc2c1C(C)CC2(C)C.CCCC1(CCC)CC(C)c2c(NC(C)=O)cccc21. The lowest BCUT2D eigenvalue weighted by atomic mass is 9.74. The van der Waals surface area contributed by atoms with E-state index in [4.69, 9.17) is 0 Å². The summed E-state index contributed by atoms with van der Waals surface area (Å²) in [5.74, 6) is 1.17. The summed E-state index contributed by atoms with van der Waals surface area (Å²) in [6, 6.07) is 12.7. The molecule has 2 atom stereocenters. The highest BCUT2D eigenvalue weighted by molar-refractivity contribution is 5.92. The van der Waals surface area contributed by atoms with Crippen molar-refractivity contribution in [2.75, 3.05) is 10.6 Å². The molecule has 4 heteroatoms. The number of nitrogens with one attached hydrogen (secondary N) is 2. The smallest absolute Gasteiger partial charge is 0.224 e. The minimum Gasteiger partial charge on any atom is -0.326 e. The lowest BCUT2D eigenvalue weighted by Gasteiger charge is -2.30. The van der Waals surface area contributed by atoms with Gasteiger partial charge in [0.15, 0.2) is 0 Å². The zero-order chi connectivity index (χ0) is 27.4. The fraction of sp³-hybridized carbons (Fsp3) is 0.576. The molecule has 2 aliphatic rings. The summed E-state index contributed by atoms with van der Waals surface area (Å²) >= 11 is 0. The van der Waals surface area contributed by atoms with E-state index in [0.717, 1.165) is 17.8 Å². The highest BCUT2D eigenvalue weighted by atomic mass is 16.2. The molecular formula is C33H48N2O2. The maximum absolute atomic E-state index is 11.5. The van der Waals surface area contributed by atoms with E-state index < -0.39 is 0 Å². The van der Waals surface area contributed by atoms with Crippen LogP contribution in [0.1, 0.15) is 134 Å². The Hall–Kier alpha value is -2.62. The van der Waals surface area contributed by atoms with Crippen LogP contribution in [0.5, 0.6) is 0 Å². The highest BCUT2D eigenvalue weighted by Gasteiger charge is 2.42. The van der Waals surface area contributed by atoms with E-state index in [1.807, 2.05) is 25.1 Å². The van der Waals surface area contributed by atoms with Crippen molar-refractivity contribution in [1.82, 2.24) is 0 Å². The first kappa shape index (κ1) is 28.9. The summed E-state index contributed by atoms with van der Waals surface area (Å²) in [4.78, 5) is 23.0. The Balaban J connectivity index is 0.000000208. The number of amides is 2. The first-order valence-electron chi connectivity index (χ1n) is 14.3. The molecule has 0 spiro atoms. The van der Waals surface area contributed by atoms with Gasteiger partial charge in [-0.3, -0.25) is 9.59 Å². The van der Waals surface area contributed by atoms with Crippen LogP contribution in [-0.4, -0.2) is 11.8 Å². The second-order valence-electron chi connectivity index (χ2n) is 12.0. The Morgan fingerprint density at radius 1 is 0.811 bits per heavy atom. The third-order valence-electron chi connectivity index (χ3n) is 8.37. The average Bonchev–Trinajstić information content (AvgIpc) is 3.24. The third-order valence-corrected chi connectivity index (χ3v) is 8.37. The van der Waals surface area contributed by atoms with Crippen molar-refractivity contribution in [3.05, 3.63) is 58.7 Å². The predicted molar refractivity (Wildman–Crippen MR) is 157 cm³/mol. The monoisotopic (exact) mass is 504 g/mol. The topological polar surface area (TPSA) is 58.2 Å². The van der Waals surface area contributed by atoms with Crippen LogP contribution in [0, 0.1) is 0 Å². The van der Waals surface area contributed by atoms with Crippen molar-refractivity contribution in [3.8, 4) is 0 Å². The van der Waals surface area contributed by atoms with Crippen molar-refractivity contribution in [3.63, 3.8) is 0 Å². The number of rotatable bonds is 7. The molecule has 2 N–H and O–H groups in total. The zero-order valence-electron chi connectivity index (χ0n) is 24.4. The van der Waals surface area contributed by atoms with Crippen LogP contribution in [0.3, 0.4) is 0 Å². The number of benzene rings is 2. The molecule has 2 amide bonds. The third kappa shape index (κ3) is 6.10. The molecule has 0 radical (unpaired) electrons. The maximum atomic E-state index is 11.5. The Morgan fingerprint density at radius 2 is 1.32 bits per heavy atom. The van der Waals surface area contributed by atoms with E-state index >= 15 is 0 Å². The first-order chi connectivity index (χ1) is 17.5. The molecule has 2 aliphatic carbocycles. The average molecular weight is 505 g/mol. The van der Waals surface area contributed by atoms with Crippen molar-refractivity contribution in [2.24, 2.45) is 0 Å². The molecule has 0 bridgehead atoms. The van der Waals surface area contributed by atoms with E-state index in [1.54, 1.807) is 6.92 Å². The molecule has 2 aromatic carbocycles. The normalized spacial score (nSPS) is 20.3. The minimum atomic E-state index is 0.0223. The molecule has 4 rings (SSSR count). The van der Waals surface area contributed by atoms with E-state index in [-0.39, 0.29) is 17.2 Å². The first-order valence-corrected chi connectivity index (χ1v) is 14.3. The van der Waals surface area contributed by atoms with Gasteiger partial charge in [0, 0.05) is 24.7 Å². The second-order valence-corrected chi connectivity index (χ2v) is 12.0. The van der Waals surface area contributed by atoms with Gasteiger partial charge >= 0.3 is 0 Å². The number of fused-ring (bicyclic) bond motifs is 2. The van der Waals surface area contributed by atoms with Crippen LogP contribution in [0.4, 0.5) is 11.4 Å². The molecule has 0 fully saturated rings. The Kier molecular flexibility index (Phi) is 9.26. The molecule has 0 aromatic heterocycles. The van der Waals surface area contributed by atoms with Crippen LogP contribution in [0.25, 0.3) is 0 Å². The van der Waals surface area contributed by atoms with Gasteiger partial charge < -0.3 is 10.6 Å². The Bertz CT molecular complexity index is 1110. The lowest BCUT2D eigenvalue weighted by molar-refractivity contribution is -0.116. The number of anilines is 2. The van der Waals surface area contributed by atoms with Crippen LogP contribution in [-0.2, 0) is 20.4 Å². The summed E-state index contributed by atoms with van der Waals surface area (Å²) in [6.07, 6.45) is 7.85. The zero-order valence-corrected chi connectivity index (χ0v) is 24.4. The van der Waals surface area contributed by atoms with Crippen molar-refractivity contribution in [1.29, 1.82) is 0 Å². The molecule has 202 valence electrons. The van der Waals surface area contributed by atoms with Gasteiger partial charge in [-0.2, -0.15) is 0 Å². The minimum absolute atomic E-state index is 0.0223. The van der Waals surface area contributed by atoms with Gasteiger partial charge in [-0.05, 0) is 82.7 Å². The van der Waals surface area contributed by atoms with Crippen LogP contribution in [0.15, 0.2) is 36.4 Å². The number of hydrogen-bond donors (Lipinski definition) is 2. The molecule has 0 saturated heterocycles. The van der Waals surface area contributed by atoms with Gasteiger partial charge in [0.1, 0.15) is 0 Å². The fourth-order valence-corrected chi connectivity index (χ4v) is 7.22. The van der Waals surface area contributed by atoms with Gasteiger partial charge in [0.05, 0.1) is 0 Å². The van der Waals surface area contributed by atoms with E-state index in [9.17, 15) is 9.59 Å². The largest absolute Gasteiger partial charge is 0.326 e. The predicted octanol–water partition coefficient (Wildman–Crippen LogP) is 8.81. The highest BCUT2D eigenvalue weighted by Crippen LogP contribution is 2.53. The van der Waals surface area contributed by atoms with E-state index in [0.29, 0.717) is 23.7 Å². The van der Waals surface area contributed by atoms with E-state index in [2.05, 4.69) is 70.4 Å². The molecule has 2 unspecified atom stereocenters. The van der Waals surface area contributed by atoms with Crippen LogP contribution >= 0.6 is 0 Å². The quantitative estimate of drug-likeness (QED) is 0.396. The van der Waals surface area contributed by atoms with Gasteiger partial charge in [0.25, 0.3) is 0 Å². The standard InChI is InChI=1S/C18H27NO.C15H21NO/c1-5-10-18(11-6-2)12-13(3)17-15(18)8-7-9-16(17)19-14(4)20;1-5-13(17)16-12-8-6-7-11-14(12)10(2)9-15(11,3)4/h7-9,13H,5-6,10-12H2,1-4H3,(H,19,20);6-8,10H,5,9H2,1-4H3,(H,16,17). The summed E-state index contributed by atoms with van der Waals surface area (Å²) in [6.45, 7) is 17.1. The number of carbonyl (C=O) groups excluding carboxylic acids is 2. The molecule has 37 heavy (non-hydrogen) atoms. The lowest BCUT2D eigenvalue weighted by Crippen LogP contribution is -2.22. The molecule has 2 aromatic rings. The Labute approximate surface area is 225 Å². The van der Waals surface area contributed by atoms with Crippen molar-refractivity contribution >= 4 is 23.2 Å². The summed E-state index contributed by atoms with van der Waals surface area (Å²) in [7, 11) is 0. The molecule has 0 aliphatic heterocycles. The molecule has 4 nitrogen and oxygen atoms in total. The maximum Gasteiger partial charge on any atom is 0.224 e. The molecule has 0 heterocycles. The van der Waals surface area contributed by atoms with E-state index in [1.165, 1.54) is 54.4 Å².